The number of thiophene rings is 1. The van der Waals surface area contributed by atoms with E-state index in [0.29, 0.717) is 34.7 Å². The Kier molecular flexibility index (Phi) is 9.62. The fourth-order valence-electron chi connectivity index (χ4n) is 4.44. The maximum Gasteiger partial charge on any atom is 0.341 e. The molecule has 0 unspecified atom stereocenters. The molecule has 0 fully saturated rings. The Hall–Kier alpha value is -2.85. The van der Waals surface area contributed by atoms with Gasteiger partial charge in [-0.3, -0.25) is 4.79 Å². The van der Waals surface area contributed by atoms with Crippen LogP contribution in [0.3, 0.4) is 0 Å². The zero-order chi connectivity index (χ0) is 26.2. The first-order chi connectivity index (χ1) is 18.0. The fraction of sp³-hybridized carbons (Fsp3) is 0.481. The normalized spacial score (nSPS) is 13.4. The lowest BCUT2D eigenvalue weighted by Crippen LogP contribution is -2.17. The third kappa shape index (κ3) is 6.73. The number of aromatic nitrogens is 3. The van der Waals surface area contributed by atoms with E-state index in [1.165, 1.54) is 47.1 Å². The van der Waals surface area contributed by atoms with E-state index in [-0.39, 0.29) is 17.6 Å². The summed E-state index contributed by atoms with van der Waals surface area (Å²) < 4.78 is 12.9. The molecule has 1 N–H and O–H groups in total. The molecule has 1 aliphatic carbocycles. The van der Waals surface area contributed by atoms with Crippen LogP contribution in [0, 0.1) is 0 Å². The first kappa shape index (κ1) is 27.2. The van der Waals surface area contributed by atoms with E-state index in [1.807, 2.05) is 23.6 Å². The minimum atomic E-state index is -0.388. The minimum Gasteiger partial charge on any atom is -0.486 e. The van der Waals surface area contributed by atoms with E-state index in [0.717, 1.165) is 49.8 Å². The van der Waals surface area contributed by atoms with Gasteiger partial charge in [-0.05, 0) is 62.3 Å². The van der Waals surface area contributed by atoms with Gasteiger partial charge in [0.15, 0.2) is 11.0 Å². The number of carbonyl (C=O) groups is 2. The lowest BCUT2D eigenvalue weighted by atomic mass is 9.96. The third-order valence-corrected chi connectivity index (χ3v) is 8.63. The topological polar surface area (TPSA) is 95.3 Å². The molecule has 0 spiro atoms. The standard InChI is InChI=1S/C27H34N4O4S2/c1-4-18-12-14-19(15-13-18)35-16-22-29-30-27(31(22)5-2)36-17-23(32)28-25-24(26(33)34-3)20-10-8-6-7-9-11-21(20)37-25/h12-15H,4-11,16-17H2,1-3H3,(H,28,32). The number of amides is 1. The summed E-state index contributed by atoms with van der Waals surface area (Å²) in [4.78, 5) is 26.7. The van der Waals surface area contributed by atoms with Gasteiger partial charge in [0.2, 0.25) is 5.91 Å². The summed E-state index contributed by atoms with van der Waals surface area (Å²) in [7, 11) is 1.38. The Balaban J connectivity index is 1.40. The smallest absolute Gasteiger partial charge is 0.341 e. The van der Waals surface area contributed by atoms with Crippen molar-refractivity contribution in [2.45, 2.75) is 77.1 Å². The summed E-state index contributed by atoms with van der Waals surface area (Å²) in [6, 6.07) is 8.02. The molecule has 0 saturated heterocycles. The average Bonchev–Trinajstić information content (AvgIpc) is 3.45. The number of hydrogen-bond donors (Lipinski definition) is 1. The molecule has 4 rings (SSSR count). The van der Waals surface area contributed by atoms with Gasteiger partial charge in [0.25, 0.3) is 0 Å². The van der Waals surface area contributed by atoms with Crippen LogP contribution in [0.15, 0.2) is 29.4 Å². The molecule has 2 aromatic heterocycles. The second-order valence-corrected chi connectivity index (χ2v) is 10.9. The maximum absolute atomic E-state index is 12.9. The van der Waals surface area contributed by atoms with Crippen molar-refractivity contribution < 1.29 is 19.1 Å². The number of benzene rings is 1. The first-order valence-electron chi connectivity index (χ1n) is 12.8. The quantitative estimate of drug-likeness (QED) is 0.260. The Morgan fingerprint density at radius 2 is 1.84 bits per heavy atom. The van der Waals surface area contributed by atoms with Crippen LogP contribution in [0.4, 0.5) is 5.00 Å². The van der Waals surface area contributed by atoms with Crippen LogP contribution in [-0.2, 0) is 41.9 Å². The van der Waals surface area contributed by atoms with Gasteiger partial charge in [-0.25, -0.2) is 4.79 Å². The summed E-state index contributed by atoms with van der Waals surface area (Å²) in [5.74, 6) is 1.06. The molecule has 10 heteroatoms. The Bertz CT molecular complexity index is 1220. The molecule has 1 aliphatic rings. The number of aryl methyl sites for hydroxylation is 2. The van der Waals surface area contributed by atoms with Crippen molar-refractivity contribution in [2.24, 2.45) is 0 Å². The molecule has 8 nitrogen and oxygen atoms in total. The number of anilines is 1. The van der Waals surface area contributed by atoms with E-state index in [2.05, 4.69) is 34.6 Å². The maximum atomic E-state index is 12.9. The predicted octanol–water partition coefficient (Wildman–Crippen LogP) is 5.68. The Labute approximate surface area is 226 Å². The van der Waals surface area contributed by atoms with Crippen molar-refractivity contribution >= 4 is 40.0 Å². The van der Waals surface area contributed by atoms with Crippen LogP contribution in [0.5, 0.6) is 5.75 Å². The zero-order valence-electron chi connectivity index (χ0n) is 21.7. The monoisotopic (exact) mass is 542 g/mol. The van der Waals surface area contributed by atoms with Crippen molar-refractivity contribution in [3.05, 3.63) is 51.7 Å². The largest absolute Gasteiger partial charge is 0.486 e. The van der Waals surface area contributed by atoms with E-state index in [9.17, 15) is 9.59 Å². The summed E-state index contributed by atoms with van der Waals surface area (Å²) >= 11 is 2.82. The Morgan fingerprint density at radius 3 is 2.54 bits per heavy atom. The zero-order valence-corrected chi connectivity index (χ0v) is 23.3. The number of rotatable bonds is 10. The van der Waals surface area contributed by atoms with Crippen LogP contribution < -0.4 is 10.1 Å². The number of hydrogen-bond acceptors (Lipinski definition) is 8. The van der Waals surface area contributed by atoms with Gasteiger partial charge in [0.1, 0.15) is 17.4 Å². The molecule has 0 atom stereocenters. The van der Waals surface area contributed by atoms with Gasteiger partial charge < -0.3 is 19.4 Å². The van der Waals surface area contributed by atoms with E-state index < -0.39 is 0 Å². The van der Waals surface area contributed by atoms with Gasteiger partial charge in [0, 0.05) is 11.4 Å². The molecule has 37 heavy (non-hydrogen) atoms. The highest BCUT2D eigenvalue weighted by atomic mass is 32.2. The summed E-state index contributed by atoms with van der Waals surface area (Å²) in [5, 5.41) is 12.8. The summed E-state index contributed by atoms with van der Waals surface area (Å²) in [5.41, 5.74) is 2.82. The number of thioether (sulfide) groups is 1. The summed E-state index contributed by atoms with van der Waals surface area (Å²) in [6.45, 7) is 5.08. The predicted molar refractivity (Wildman–Crippen MR) is 147 cm³/mol. The van der Waals surface area contributed by atoms with Gasteiger partial charge in [-0.15, -0.1) is 21.5 Å². The second kappa shape index (κ2) is 13.1. The molecule has 3 aromatic rings. The Morgan fingerprint density at radius 1 is 1.08 bits per heavy atom. The van der Waals surface area contributed by atoms with Gasteiger partial charge in [0.05, 0.1) is 18.4 Å². The molecular weight excluding hydrogens is 508 g/mol. The van der Waals surface area contributed by atoms with Crippen LogP contribution in [-0.4, -0.2) is 39.5 Å². The van der Waals surface area contributed by atoms with Crippen LogP contribution in [0.2, 0.25) is 0 Å². The summed E-state index contributed by atoms with van der Waals surface area (Å²) in [6.07, 6.45) is 7.25. The van der Waals surface area contributed by atoms with E-state index in [4.69, 9.17) is 9.47 Å². The van der Waals surface area contributed by atoms with Gasteiger partial charge in [-0.1, -0.05) is 43.7 Å². The number of carbonyl (C=O) groups excluding carboxylic acids is 2. The molecule has 0 radical (unpaired) electrons. The SMILES string of the molecule is CCc1ccc(OCc2nnc(SCC(=O)Nc3sc4c(c3C(=O)OC)CCCCCC4)n2CC)cc1. The van der Waals surface area contributed by atoms with Gasteiger partial charge >= 0.3 is 5.97 Å². The third-order valence-electron chi connectivity index (χ3n) is 6.46. The second-order valence-electron chi connectivity index (χ2n) is 8.88. The van der Waals surface area contributed by atoms with Gasteiger partial charge in [-0.2, -0.15) is 0 Å². The highest BCUT2D eigenvalue weighted by molar-refractivity contribution is 7.99. The number of nitrogens with zero attached hydrogens (tertiary/aromatic N) is 3. The molecule has 0 bridgehead atoms. The molecule has 198 valence electrons. The lowest BCUT2D eigenvalue weighted by Gasteiger charge is -2.11. The highest BCUT2D eigenvalue weighted by Crippen LogP contribution is 2.37. The molecular formula is C27H34N4O4S2. The molecule has 1 aromatic carbocycles. The van der Waals surface area contributed by atoms with E-state index >= 15 is 0 Å². The number of nitrogens with one attached hydrogen (secondary N) is 1. The lowest BCUT2D eigenvalue weighted by molar-refractivity contribution is -0.113. The molecule has 2 heterocycles. The molecule has 1 amide bonds. The molecule has 0 aliphatic heterocycles. The van der Waals surface area contributed by atoms with Crippen LogP contribution in [0.1, 0.15) is 71.7 Å². The van der Waals surface area contributed by atoms with Crippen molar-refractivity contribution in [3.8, 4) is 5.75 Å². The average molecular weight is 543 g/mol. The molecule has 0 saturated carbocycles. The number of fused-ring (bicyclic) bond motifs is 1. The first-order valence-corrected chi connectivity index (χ1v) is 14.6. The number of ether oxygens (including phenoxy) is 2. The highest BCUT2D eigenvalue weighted by Gasteiger charge is 2.26. The minimum absolute atomic E-state index is 0.153. The van der Waals surface area contributed by atoms with Crippen LogP contribution >= 0.6 is 23.1 Å². The number of esters is 1. The fourth-order valence-corrected chi connectivity index (χ4v) is 6.55. The van der Waals surface area contributed by atoms with Crippen molar-refractivity contribution in [1.82, 2.24) is 14.8 Å². The van der Waals surface area contributed by atoms with Crippen LogP contribution in [0.25, 0.3) is 0 Å². The van der Waals surface area contributed by atoms with Crippen molar-refractivity contribution in [2.75, 3.05) is 18.2 Å². The number of methoxy groups -OCH3 is 1. The van der Waals surface area contributed by atoms with E-state index in [1.54, 1.807) is 0 Å². The van der Waals surface area contributed by atoms with Crippen molar-refractivity contribution in [3.63, 3.8) is 0 Å². The van der Waals surface area contributed by atoms with Crippen molar-refractivity contribution in [1.29, 1.82) is 0 Å².